The van der Waals surface area contributed by atoms with Gasteiger partial charge in [-0.25, -0.2) is 9.97 Å². The van der Waals surface area contributed by atoms with Crippen molar-refractivity contribution in [3.63, 3.8) is 0 Å². The Bertz CT molecular complexity index is 457. The summed E-state index contributed by atoms with van der Waals surface area (Å²) in [5.41, 5.74) is 1.75. The second-order valence-corrected chi connectivity index (χ2v) is 4.35. The van der Waals surface area contributed by atoms with E-state index in [-0.39, 0.29) is 5.41 Å². The molecule has 72 valence electrons. The van der Waals surface area contributed by atoms with Crippen molar-refractivity contribution in [2.75, 3.05) is 0 Å². The van der Waals surface area contributed by atoms with Crippen LogP contribution in [0.5, 0.6) is 0 Å². The van der Waals surface area contributed by atoms with E-state index in [1.807, 2.05) is 12.1 Å². The maximum absolute atomic E-state index is 4.47. The number of aromatic nitrogens is 3. The molecule has 0 radical (unpaired) electrons. The Balaban J connectivity index is 2.63. The first-order valence-electron chi connectivity index (χ1n) is 4.65. The van der Waals surface area contributed by atoms with Crippen molar-refractivity contribution >= 4 is 11.0 Å². The lowest BCUT2D eigenvalue weighted by Gasteiger charge is -2.15. The molecule has 0 atom stereocenters. The van der Waals surface area contributed by atoms with E-state index in [2.05, 4.69) is 35.7 Å². The predicted octanol–water partition coefficient (Wildman–Crippen LogP) is 2.32. The van der Waals surface area contributed by atoms with Gasteiger partial charge in [0.25, 0.3) is 0 Å². The summed E-state index contributed by atoms with van der Waals surface area (Å²) in [4.78, 5) is 13.0. The molecule has 0 unspecified atom stereocenters. The summed E-state index contributed by atoms with van der Waals surface area (Å²) in [6.45, 7) is 6.31. The van der Waals surface area contributed by atoms with E-state index in [1.165, 1.54) is 0 Å². The number of fused-ring (bicyclic) bond motifs is 1. The summed E-state index contributed by atoms with van der Waals surface area (Å²) in [5.74, 6) is 0.859. The molecular formula is C11H13N3. The number of hydrogen-bond donors (Lipinski definition) is 0. The molecular weight excluding hydrogens is 174 g/mol. The van der Waals surface area contributed by atoms with E-state index >= 15 is 0 Å². The van der Waals surface area contributed by atoms with Gasteiger partial charge in [-0.15, -0.1) is 0 Å². The molecule has 0 aliphatic carbocycles. The van der Waals surface area contributed by atoms with Crippen molar-refractivity contribution in [1.82, 2.24) is 15.0 Å². The summed E-state index contributed by atoms with van der Waals surface area (Å²) in [7, 11) is 0. The van der Waals surface area contributed by atoms with E-state index in [0.717, 1.165) is 16.9 Å². The minimum absolute atomic E-state index is 0.00989. The Kier molecular flexibility index (Phi) is 1.95. The molecule has 0 fully saturated rings. The van der Waals surface area contributed by atoms with E-state index < -0.39 is 0 Å². The lowest BCUT2D eigenvalue weighted by Crippen LogP contribution is -2.15. The van der Waals surface area contributed by atoms with Crippen LogP contribution in [0.1, 0.15) is 26.6 Å². The standard InChI is InChI=1S/C11H13N3/c1-11(2,3)10-13-7-9-8(14-10)5-4-6-12-9/h4-7H,1-3H3. The first-order valence-corrected chi connectivity index (χ1v) is 4.65. The third-order valence-corrected chi connectivity index (χ3v) is 2.02. The van der Waals surface area contributed by atoms with Crippen LogP contribution in [-0.4, -0.2) is 15.0 Å². The van der Waals surface area contributed by atoms with Crippen LogP contribution in [0.3, 0.4) is 0 Å². The zero-order valence-electron chi connectivity index (χ0n) is 8.65. The molecule has 2 rings (SSSR count). The second-order valence-electron chi connectivity index (χ2n) is 4.35. The van der Waals surface area contributed by atoms with Crippen LogP contribution >= 0.6 is 0 Å². The summed E-state index contributed by atoms with van der Waals surface area (Å²) in [6, 6.07) is 3.85. The van der Waals surface area contributed by atoms with Gasteiger partial charge in [-0.1, -0.05) is 20.8 Å². The van der Waals surface area contributed by atoms with Gasteiger partial charge in [0.2, 0.25) is 0 Å². The summed E-state index contributed by atoms with van der Waals surface area (Å²) >= 11 is 0. The Morgan fingerprint density at radius 3 is 2.57 bits per heavy atom. The molecule has 14 heavy (non-hydrogen) atoms. The monoisotopic (exact) mass is 187 g/mol. The Morgan fingerprint density at radius 1 is 1.07 bits per heavy atom. The van der Waals surface area contributed by atoms with Gasteiger partial charge in [0, 0.05) is 11.6 Å². The van der Waals surface area contributed by atoms with Crippen molar-refractivity contribution in [3.05, 3.63) is 30.4 Å². The lowest BCUT2D eigenvalue weighted by molar-refractivity contribution is 0.548. The highest BCUT2D eigenvalue weighted by atomic mass is 14.9. The Hall–Kier alpha value is -1.51. The van der Waals surface area contributed by atoms with Gasteiger partial charge in [0.05, 0.1) is 11.7 Å². The average molecular weight is 187 g/mol. The van der Waals surface area contributed by atoms with Crippen molar-refractivity contribution < 1.29 is 0 Å². The van der Waals surface area contributed by atoms with Crippen molar-refractivity contribution in [2.45, 2.75) is 26.2 Å². The maximum Gasteiger partial charge on any atom is 0.134 e. The highest BCUT2D eigenvalue weighted by molar-refractivity contribution is 5.72. The number of rotatable bonds is 0. The average Bonchev–Trinajstić information content (AvgIpc) is 2.16. The van der Waals surface area contributed by atoms with Crippen LogP contribution in [0, 0.1) is 0 Å². The fraction of sp³-hybridized carbons (Fsp3) is 0.364. The predicted molar refractivity (Wildman–Crippen MR) is 56.0 cm³/mol. The topological polar surface area (TPSA) is 38.7 Å². The van der Waals surface area contributed by atoms with Gasteiger partial charge >= 0.3 is 0 Å². The molecule has 0 aromatic carbocycles. The Morgan fingerprint density at radius 2 is 1.86 bits per heavy atom. The quantitative estimate of drug-likeness (QED) is 0.635. The van der Waals surface area contributed by atoms with Crippen LogP contribution < -0.4 is 0 Å². The first-order chi connectivity index (χ1) is 6.57. The SMILES string of the molecule is CC(C)(C)c1ncc2ncccc2n1. The van der Waals surface area contributed by atoms with Gasteiger partial charge in [-0.05, 0) is 12.1 Å². The molecule has 2 aromatic heterocycles. The minimum atomic E-state index is -0.00989. The van der Waals surface area contributed by atoms with Crippen molar-refractivity contribution in [1.29, 1.82) is 0 Å². The molecule has 0 bridgehead atoms. The summed E-state index contributed by atoms with van der Waals surface area (Å²) < 4.78 is 0. The number of hydrogen-bond acceptors (Lipinski definition) is 3. The van der Waals surface area contributed by atoms with Gasteiger partial charge < -0.3 is 0 Å². The van der Waals surface area contributed by atoms with Crippen LogP contribution in [0.25, 0.3) is 11.0 Å². The van der Waals surface area contributed by atoms with Crippen molar-refractivity contribution in [3.8, 4) is 0 Å². The molecule has 0 aliphatic heterocycles. The molecule has 0 spiro atoms. The summed E-state index contributed by atoms with van der Waals surface area (Å²) in [5, 5.41) is 0. The smallest absolute Gasteiger partial charge is 0.134 e. The third-order valence-electron chi connectivity index (χ3n) is 2.02. The first kappa shape index (κ1) is 9.06. The van der Waals surface area contributed by atoms with E-state index in [4.69, 9.17) is 0 Å². The zero-order valence-corrected chi connectivity index (χ0v) is 8.65. The van der Waals surface area contributed by atoms with E-state index in [9.17, 15) is 0 Å². The summed E-state index contributed by atoms with van der Waals surface area (Å²) in [6.07, 6.45) is 3.53. The Labute approximate surface area is 83.2 Å². The van der Waals surface area contributed by atoms with E-state index in [1.54, 1.807) is 12.4 Å². The molecule has 3 nitrogen and oxygen atoms in total. The molecule has 2 aromatic rings. The largest absolute Gasteiger partial charge is 0.253 e. The minimum Gasteiger partial charge on any atom is -0.253 e. The highest BCUT2D eigenvalue weighted by Gasteiger charge is 2.17. The fourth-order valence-corrected chi connectivity index (χ4v) is 1.23. The lowest BCUT2D eigenvalue weighted by atomic mass is 9.96. The molecule has 3 heteroatoms. The second kappa shape index (κ2) is 3.01. The fourth-order valence-electron chi connectivity index (χ4n) is 1.23. The maximum atomic E-state index is 4.47. The zero-order chi connectivity index (χ0) is 10.2. The molecule has 0 saturated heterocycles. The van der Waals surface area contributed by atoms with Gasteiger partial charge in [-0.3, -0.25) is 4.98 Å². The molecule has 0 N–H and O–H groups in total. The van der Waals surface area contributed by atoms with E-state index in [0.29, 0.717) is 0 Å². The highest BCUT2D eigenvalue weighted by Crippen LogP contribution is 2.19. The third kappa shape index (κ3) is 1.58. The van der Waals surface area contributed by atoms with Crippen LogP contribution in [0.4, 0.5) is 0 Å². The van der Waals surface area contributed by atoms with Gasteiger partial charge in [0.1, 0.15) is 11.3 Å². The molecule has 0 saturated carbocycles. The molecule has 2 heterocycles. The molecule has 0 amide bonds. The number of pyridine rings is 1. The van der Waals surface area contributed by atoms with Crippen LogP contribution in [0.2, 0.25) is 0 Å². The van der Waals surface area contributed by atoms with Gasteiger partial charge in [-0.2, -0.15) is 0 Å². The molecule has 0 aliphatic rings. The van der Waals surface area contributed by atoms with Crippen LogP contribution in [0.15, 0.2) is 24.5 Å². The normalized spacial score (nSPS) is 11.9. The van der Waals surface area contributed by atoms with Crippen molar-refractivity contribution in [2.24, 2.45) is 0 Å². The van der Waals surface area contributed by atoms with Gasteiger partial charge in [0.15, 0.2) is 0 Å². The van der Waals surface area contributed by atoms with Crippen LogP contribution in [-0.2, 0) is 5.41 Å². The number of nitrogens with zero attached hydrogens (tertiary/aromatic N) is 3.